The molecule has 0 amide bonds. The molecule has 0 bridgehead atoms. The van der Waals surface area contributed by atoms with Gasteiger partial charge in [-0.3, -0.25) is 0 Å². The lowest BCUT2D eigenvalue weighted by atomic mass is 10.4. The van der Waals surface area contributed by atoms with Crippen LogP contribution in [0.3, 0.4) is 0 Å². The van der Waals surface area contributed by atoms with E-state index in [0.29, 0.717) is 5.69 Å². The van der Waals surface area contributed by atoms with Crippen LogP contribution < -0.4 is 5.73 Å². The second kappa shape index (κ2) is 1.73. The maximum absolute atomic E-state index is 5.60. The quantitative estimate of drug-likeness (QED) is 0.573. The number of hydrogen-bond acceptors (Lipinski definition) is 2. The Morgan fingerprint density at radius 1 is 1.60 bits per heavy atom. The first-order valence-electron chi connectivity index (χ1n) is 2.97. The summed E-state index contributed by atoms with van der Waals surface area (Å²) in [5.41, 5.74) is 7.05. The monoisotopic (exact) mass is 132 g/mol. The number of rotatable bonds is 0. The second-order valence-corrected chi connectivity index (χ2v) is 2.06. The molecule has 1 radical (unpaired) electrons. The van der Waals surface area contributed by atoms with Crippen molar-refractivity contribution in [2.45, 2.75) is 0 Å². The Labute approximate surface area is 58.1 Å². The molecule has 0 spiro atoms. The van der Waals surface area contributed by atoms with Crippen LogP contribution in [0, 0.1) is 6.20 Å². The number of nitrogens with zero attached hydrogens (tertiary/aromatic N) is 2. The van der Waals surface area contributed by atoms with Crippen LogP contribution in [-0.4, -0.2) is 9.38 Å². The van der Waals surface area contributed by atoms with Gasteiger partial charge in [-0.25, -0.2) is 4.98 Å². The lowest BCUT2D eigenvalue weighted by molar-refractivity contribution is 1.19. The van der Waals surface area contributed by atoms with Gasteiger partial charge in [0.15, 0.2) is 5.65 Å². The minimum absolute atomic E-state index is 0.684. The largest absolute Gasteiger partial charge is 0.396 e. The normalized spacial score (nSPS) is 10.4. The fourth-order valence-corrected chi connectivity index (χ4v) is 0.912. The lowest BCUT2D eigenvalue weighted by Crippen LogP contribution is -1.90. The third-order valence-corrected chi connectivity index (χ3v) is 1.39. The molecule has 0 unspecified atom stereocenters. The second-order valence-electron chi connectivity index (χ2n) is 2.06. The van der Waals surface area contributed by atoms with Gasteiger partial charge in [-0.05, 0) is 12.1 Å². The zero-order valence-electron chi connectivity index (χ0n) is 5.28. The van der Waals surface area contributed by atoms with Crippen LogP contribution in [0.4, 0.5) is 5.69 Å². The smallest absolute Gasteiger partial charge is 0.160 e. The van der Waals surface area contributed by atoms with Gasteiger partial charge >= 0.3 is 0 Å². The molecule has 10 heavy (non-hydrogen) atoms. The Bertz CT molecular complexity index is 350. The highest BCUT2D eigenvalue weighted by atomic mass is 15.0. The molecule has 3 heteroatoms. The Hall–Kier alpha value is -1.51. The van der Waals surface area contributed by atoms with E-state index in [4.69, 9.17) is 5.73 Å². The summed E-state index contributed by atoms with van der Waals surface area (Å²) in [5.74, 6) is 0. The van der Waals surface area contributed by atoms with Crippen molar-refractivity contribution in [3.05, 3.63) is 30.7 Å². The molecular weight excluding hydrogens is 126 g/mol. The first-order valence-corrected chi connectivity index (χ1v) is 2.97. The highest BCUT2D eigenvalue weighted by Gasteiger charge is 1.94. The number of anilines is 1. The predicted octanol–water partition coefficient (Wildman–Crippen LogP) is 0.717. The van der Waals surface area contributed by atoms with E-state index in [2.05, 4.69) is 11.2 Å². The van der Waals surface area contributed by atoms with Crippen molar-refractivity contribution in [3.63, 3.8) is 0 Å². The summed E-state index contributed by atoms with van der Waals surface area (Å²) in [6, 6.07) is 3.69. The van der Waals surface area contributed by atoms with Crippen LogP contribution in [0.1, 0.15) is 0 Å². The van der Waals surface area contributed by atoms with Crippen molar-refractivity contribution < 1.29 is 0 Å². The molecule has 0 aliphatic rings. The minimum atomic E-state index is 0.684. The van der Waals surface area contributed by atoms with Gasteiger partial charge in [0, 0.05) is 12.4 Å². The van der Waals surface area contributed by atoms with E-state index in [1.54, 1.807) is 6.20 Å². The Morgan fingerprint density at radius 3 is 3.30 bits per heavy atom. The maximum atomic E-state index is 5.60. The van der Waals surface area contributed by atoms with Crippen LogP contribution in [-0.2, 0) is 0 Å². The average molecular weight is 132 g/mol. The zero-order chi connectivity index (χ0) is 6.97. The van der Waals surface area contributed by atoms with Gasteiger partial charge in [-0.15, -0.1) is 0 Å². The molecule has 0 aliphatic heterocycles. The molecule has 2 rings (SSSR count). The van der Waals surface area contributed by atoms with Gasteiger partial charge in [0.2, 0.25) is 0 Å². The number of nitrogen functional groups attached to an aromatic ring is 1. The number of fused-ring (bicyclic) bond motifs is 1. The number of hydrogen-bond donors (Lipinski definition) is 1. The lowest BCUT2D eigenvalue weighted by Gasteiger charge is -1.94. The molecule has 0 atom stereocenters. The first kappa shape index (κ1) is 5.29. The molecular formula is C7H6N3. The first-order chi connectivity index (χ1) is 4.88. The molecule has 2 heterocycles. The average Bonchev–Trinajstić information content (AvgIpc) is 2.36. The summed E-state index contributed by atoms with van der Waals surface area (Å²) < 4.78 is 1.83. The fraction of sp³-hybridized carbons (Fsp3) is 0. The Morgan fingerprint density at radius 2 is 2.50 bits per heavy atom. The summed E-state index contributed by atoms with van der Waals surface area (Å²) in [6.07, 6.45) is 6.34. The fourth-order valence-electron chi connectivity index (χ4n) is 0.912. The molecule has 0 saturated carbocycles. The van der Waals surface area contributed by atoms with Crippen LogP contribution in [0.2, 0.25) is 0 Å². The van der Waals surface area contributed by atoms with Crippen molar-refractivity contribution >= 4 is 11.3 Å². The van der Waals surface area contributed by atoms with Gasteiger partial charge in [0.1, 0.15) is 6.20 Å². The highest BCUT2D eigenvalue weighted by molar-refractivity contribution is 5.63. The van der Waals surface area contributed by atoms with Crippen molar-refractivity contribution in [2.24, 2.45) is 0 Å². The molecule has 3 nitrogen and oxygen atoms in total. The highest BCUT2D eigenvalue weighted by Crippen LogP contribution is 2.08. The van der Waals surface area contributed by atoms with Crippen molar-refractivity contribution in [3.8, 4) is 0 Å². The number of pyridine rings is 1. The predicted molar refractivity (Wildman–Crippen MR) is 38.4 cm³/mol. The van der Waals surface area contributed by atoms with Gasteiger partial charge in [0.25, 0.3) is 0 Å². The van der Waals surface area contributed by atoms with Crippen LogP contribution in [0.15, 0.2) is 24.5 Å². The summed E-state index contributed by atoms with van der Waals surface area (Å²) in [7, 11) is 0. The number of aromatic nitrogens is 2. The standard InChI is InChI=1S/C7H6N3/c8-6-2-1-4-10-5-3-9-7(6)10/h1-2,4-5H,8H2. The molecule has 49 valence electrons. The van der Waals surface area contributed by atoms with E-state index in [1.807, 2.05) is 22.7 Å². The van der Waals surface area contributed by atoms with E-state index in [-0.39, 0.29) is 0 Å². The van der Waals surface area contributed by atoms with Crippen molar-refractivity contribution in [1.82, 2.24) is 9.38 Å². The van der Waals surface area contributed by atoms with Crippen molar-refractivity contribution in [1.29, 1.82) is 0 Å². The third-order valence-electron chi connectivity index (χ3n) is 1.39. The molecule has 2 aromatic heterocycles. The van der Waals surface area contributed by atoms with Crippen LogP contribution in [0.25, 0.3) is 5.65 Å². The zero-order valence-corrected chi connectivity index (χ0v) is 5.28. The summed E-state index contributed by atoms with van der Waals surface area (Å²) in [6.45, 7) is 0. The topological polar surface area (TPSA) is 43.3 Å². The molecule has 0 aromatic carbocycles. The summed E-state index contributed by atoms with van der Waals surface area (Å²) >= 11 is 0. The van der Waals surface area contributed by atoms with E-state index in [1.165, 1.54) is 0 Å². The van der Waals surface area contributed by atoms with E-state index in [9.17, 15) is 0 Å². The number of nitrogens with two attached hydrogens (primary N) is 1. The van der Waals surface area contributed by atoms with Crippen LogP contribution >= 0.6 is 0 Å². The van der Waals surface area contributed by atoms with Crippen molar-refractivity contribution in [2.75, 3.05) is 5.73 Å². The van der Waals surface area contributed by atoms with Gasteiger partial charge in [-0.2, -0.15) is 0 Å². The van der Waals surface area contributed by atoms with E-state index >= 15 is 0 Å². The molecule has 0 fully saturated rings. The summed E-state index contributed by atoms with van der Waals surface area (Å²) in [4.78, 5) is 3.93. The molecule has 2 aromatic rings. The molecule has 0 saturated heterocycles. The van der Waals surface area contributed by atoms with Gasteiger partial charge < -0.3 is 10.1 Å². The van der Waals surface area contributed by atoms with Gasteiger partial charge in [0.05, 0.1) is 5.69 Å². The summed E-state index contributed by atoms with van der Waals surface area (Å²) in [5, 5.41) is 0. The van der Waals surface area contributed by atoms with E-state index < -0.39 is 0 Å². The minimum Gasteiger partial charge on any atom is -0.396 e. The number of imidazole rings is 1. The third kappa shape index (κ3) is 0.572. The van der Waals surface area contributed by atoms with Crippen LogP contribution in [0.5, 0.6) is 0 Å². The SMILES string of the molecule is Nc1cccn2c[c]nc12. The maximum Gasteiger partial charge on any atom is 0.160 e. The Kier molecular flexibility index (Phi) is 0.917. The van der Waals surface area contributed by atoms with E-state index in [0.717, 1.165) is 5.65 Å². The molecule has 0 aliphatic carbocycles. The van der Waals surface area contributed by atoms with Gasteiger partial charge in [-0.1, -0.05) is 0 Å². The Balaban J connectivity index is 2.95. The molecule has 2 N–H and O–H groups in total.